The van der Waals surface area contributed by atoms with Gasteiger partial charge in [0, 0.05) is 49.5 Å². The van der Waals surface area contributed by atoms with Gasteiger partial charge in [-0.05, 0) is 62.9 Å². The van der Waals surface area contributed by atoms with Crippen molar-refractivity contribution in [2.24, 2.45) is 0 Å². The number of nitrogens with one attached hydrogen (secondary N) is 1. The number of aryl methyl sites for hydroxylation is 4. The van der Waals surface area contributed by atoms with E-state index < -0.39 is 0 Å². The fourth-order valence-electron chi connectivity index (χ4n) is 4.66. The first kappa shape index (κ1) is 24.5. The molecule has 0 aliphatic carbocycles. The van der Waals surface area contributed by atoms with Crippen LogP contribution in [0.25, 0.3) is 0 Å². The Kier molecular flexibility index (Phi) is 7.54. The number of ether oxygens (including phenoxy) is 1. The van der Waals surface area contributed by atoms with E-state index in [4.69, 9.17) is 9.72 Å². The van der Waals surface area contributed by atoms with Crippen LogP contribution in [0.4, 0.5) is 16.3 Å². The van der Waals surface area contributed by atoms with E-state index in [1.54, 1.807) is 7.11 Å². The van der Waals surface area contributed by atoms with E-state index in [2.05, 4.69) is 34.3 Å². The van der Waals surface area contributed by atoms with E-state index in [9.17, 15) is 4.79 Å². The van der Waals surface area contributed by atoms with E-state index in [0.717, 1.165) is 71.4 Å². The van der Waals surface area contributed by atoms with E-state index in [1.165, 1.54) is 5.56 Å². The molecule has 0 saturated carbocycles. The van der Waals surface area contributed by atoms with Gasteiger partial charge in [-0.2, -0.15) is 0 Å². The first-order valence-electron chi connectivity index (χ1n) is 12.2. The second-order valence-corrected chi connectivity index (χ2v) is 9.21. The number of para-hydroxylation sites is 1. The Hall–Kier alpha value is -3.61. The molecule has 2 aromatic carbocycles. The Morgan fingerprint density at radius 3 is 2.34 bits per heavy atom. The van der Waals surface area contributed by atoms with Gasteiger partial charge >= 0.3 is 6.03 Å². The number of benzene rings is 2. The second kappa shape index (κ2) is 10.8. The lowest BCUT2D eigenvalue weighted by molar-refractivity contribution is 0.215. The number of rotatable bonds is 5. The van der Waals surface area contributed by atoms with Crippen LogP contribution in [0.1, 0.15) is 40.2 Å². The third-order valence-electron chi connectivity index (χ3n) is 6.64. The predicted octanol–water partition coefficient (Wildman–Crippen LogP) is 5.05. The molecule has 35 heavy (non-hydrogen) atoms. The summed E-state index contributed by atoms with van der Waals surface area (Å²) in [5.41, 5.74) is 6.37. The van der Waals surface area contributed by atoms with Gasteiger partial charge in [0.1, 0.15) is 17.4 Å². The number of nitrogens with zero attached hydrogens (tertiary/aromatic N) is 4. The van der Waals surface area contributed by atoms with Gasteiger partial charge < -0.3 is 19.9 Å². The summed E-state index contributed by atoms with van der Waals surface area (Å²) in [5.74, 6) is 2.59. The average Bonchev–Trinajstić information content (AvgIpc) is 3.10. The molecule has 4 rings (SSSR count). The Morgan fingerprint density at radius 1 is 0.943 bits per heavy atom. The SMILES string of the molecule is COc1ccc(Cc2c(C)nc(C)nc2N2CCCN(C(=O)Nc3c(C)cccc3C)CC2)cc1. The molecule has 7 heteroatoms. The quantitative estimate of drug-likeness (QED) is 0.561. The molecule has 0 bridgehead atoms. The zero-order chi connectivity index (χ0) is 24.9. The number of aromatic nitrogens is 2. The highest BCUT2D eigenvalue weighted by Gasteiger charge is 2.23. The molecule has 0 spiro atoms. The lowest BCUT2D eigenvalue weighted by Crippen LogP contribution is -2.38. The molecule has 3 aromatic rings. The first-order valence-corrected chi connectivity index (χ1v) is 12.2. The average molecular weight is 474 g/mol. The topological polar surface area (TPSA) is 70.6 Å². The van der Waals surface area contributed by atoms with Gasteiger partial charge in [0.05, 0.1) is 7.11 Å². The minimum absolute atomic E-state index is 0.0437. The zero-order valence-corrected chi connectivity index (χ0v) is 21.4. The fraction of sp³-hybridized carbons (Fsp3) is 0.393. The molecule has 0 atom stereocenters. The van der Waals surface area contributed by atoms with Crippen molar-refractivity contribution in [3.8, 4) is 5.75 Å². The normalized spacial score (nSPS) is 14.0. The lowest BCUT2D eigenvalue weighted by Gasteiger charge is -2.26. The molecular weight excluding hydrogens is 438 g/mol. The maximum absolute atomic E-state index is 13.1. The van der Waals surface area contributed by atoms with E-state index in [-0.39, 0.29) is 6.03 Å². The lowest BCUT2D eigenvalue weighted by atomic mass is 10.0. The van der Waals surface area contributed by atoms with E-state index in [1.807, 2.05) is 56.0 Å². The van der Waals surface area contributed by atoms with Gasteiger partial charge in [-0.25, -0.2) is 14.8 Å². The fourth-order valence-corrected chi connectivity index (χ4v) is 4.66. The molecule has 184 valence electrons. The van der Waals surface area contributed by atoms with Gasteiger partial charge in [-0.15, -0.1) is 0 Å². The van der Waals surface area contributed by atoms with Crippen molar-refractivity contribution in [3.63, 3.8) is 0 Å². The molecule has 2 heterocycles. The van der Waals surface area contributed by atoms with Gasteiger partial charge in [-0.1, -0.05) is 30.3 Å². The highest BCUT2D eigenvalue weighted by molar-refractivity contribution is 5.91. The molecule has 2 amide bonds. The van der Waals surface area contributed by atoms with Crippen LogP contribution < -0.4 is 15.0 Å². The summed E-state index contributed by atoms with van der Waals surface area (Å²) in [4.78, 5) is 26.8. The summed E-state index contributed by atoms with van der Waals surface area (Å²) in [6, 6.07) is 14.2. The third-order valence-corrected chi connectivity index (χ3v) is 6.64. The number of urea groups is 1. The van der Waals surface area contributed by atoms with Gasteiger partial charge in [0.25, 0.3) is 0 Å². The maximum Gasteiger partial charge on any atom is 0.321 e. The van der Waals surface area contributed by atoms with Gasteiger partial charge in [0.15, 0.2) is 0 Å². The van der Waals surface area contributed by atoms with Crippen LogP contribution in [0, 0.1) is 27.7 Å². The van der Waals surface area contributed by atoms with Crippen LogP contribution in [0.5, 0.6) is 5.75 Å². The van der Waals surface area contributed by atoms with Crippen LogP contribution >= 0.6 is 0 Å². The highest BCUT2D eigenvalue weighted by atomic mass is 16.5. The van der Waals surface area contributed by atoms with Crippen molar-refractivity contribution in [2.45, 2.75) is 40.5 Å². The molecule has 7 nitrogen and oxygen atoms in total. The summed E-state index contributed by atoms with van der Waals surface area (Å²) < 4.78 is 5.30. The van der Waals surface area contributed by atoms with Crippen molar-refractivity contribution < 1.29 is 9.53 Å². The standard InChI is InChI=1S/C28H35N5O2/c1-19-8-6-9-20(2)26(19)31-28(34)33-15-7-14-32(16-17-33)27-25(21(3)29-22(4)30-27)18-23-10-12-24(35-5)13-11-23/h6,8-13H,7,14-18H2,1-5H3,(H,31,34). The van der Waals surface area contributed by atoms with Crippen LogP contribution in [0.3, 0.4) is 0 Å². The molecule has 1 N–H and O–H groups in total. The Balaban J connectivity index is 1.51. The summed E-state index contributed by atoms with van der Waals surface area (Å²) in [6.07, 6.45) is 1.63. The Morgan fingerprint density at radius 2 is 1.66 bits per heavy atom. The van der Waals surface area contributed by atoms with E-state index >= 15 is 0 Å². The van der Waals surface area contributed by atoms with Crippen LogP contribution in [0.2, 0.25) is 0 Å². The molecular formula is C28H35N5O2. The minimum Gasteiger partial charge on any atom is -0.497 e. The monoisotopic (exact) mass is 473 g/mol. The molecule has 1 fully saturated rings. The summed E-state index contributed by atoms with van der Waals surface area (Å²) in [5, 5.41) is 3.13. The Bertz CT molecular complexity index is 1170. The Labute approximate surface area is 208 Å². The minimum atomic E-state index is -0.0437. The molecule has 0 unspecified atom stereocenters. The summed E-state index contributed by atoms with van der Waals surface area (Å²) in [6.45, 7) is 11.0. The molecule has 1 aliphatic heterocycles. The molecule has 1 aliphatic rings. The van der Waals surface area contributed by atoms with Crippen molar-refractivity contribution in [3.05, 3.63) is 76.2 Å². The first-order chi connectivity index (χ1) is 16.9. The largest absolute Gasteiger partial charge is 0.497 e. The number of methoxy groups -OCH3 is 1. The molecule has 1 saturated heterocycles. The number of amides is 2. The highest BCUT2D eigenvalue weighted by Crippen LogP contribution is 2.26. The van der Waals surface area contributed by atoms with Gasteiger partial charge in [-0.3, -0.25) is 0 Å². The van der Waals surface area contributed by atoms with E-state index in [0.29, 0.717) is 13.1 Å². The van der Waals surface area contributed by atoms with Crippen LogP contribution in [-0.2, 0) is 6.42 Å². The predicted molar refractivity (Wildman–Crippen MR) is 141 cm³/mol. The van der Waals surface area contributed by atoms with Crippen molar-refractivity contribution in [1.82, 2.24) is 14.9 Å². The third kappa shape index (κ3) is 5.73. The smallest absolute Gasteiger partial charge is 0.321 e. The summed E-state index contributed by atoms with van der Waals surface area (Å²) >= 11 is 0. The molecule has 1 aromatic heterocycles. The zero-order valence-electron chi connectivity index (χ0n) is 21.4. The number of hydrogen-bond donors (Lipinski definition) is 1. The van der Waals surface area contributed by atoms with Crippen LogP contribution in [0.15, 0.2) is 42.5 Å². The number of anilines is 2. The number of carbonyl (C=O) groups excluding carboxylic acids is 1. The van der Waals surface area contributed by atoms with Gasteiger partial charge in [0.2, 0.25) is 0 Å². The van der Waals surface area contributed by atoms with Crippen LogP contribution in [-0.4, -0.2) is 54.2 Å². The van der Waals surface area contributed by atoms with Crippen molar-refractivity contribution in [2.75, 3.05) is 43.5 Å². The number of hydrogen-bond acceptors (Lipinski definition) is 5. The summed E-state index contributed by atoms with van der Waals surface area (Å²) in [7, 11) is 1.68. The van der Waals surface area contributed by atoms with Crippen molar-refractivity contribution >= 4 is 17.5 Å². The number of carbonyl (C=O) groups is 1. The second-order valence-electron chi connectivity index (χ2n) is 9.21. The van der Waals surface area contributed by atoms with Crippen molar-refractivity contribution in [1.29, 1.82) is 0 Å². The molecule has 0 radical (unpaired) electrons. The maximum atomic E-state index is 13.1.